The number of phosphoric ester groups is 1. The van der Waals surface area contributed by atoms with E-state index in [1.54, 1.807) is 0 Å². The summed E-state index contributed by atoms with van der Waals surface area (Å²) >= 11 is 5.60. The minimum atomic E-state index is -3.79. The predicted molar refractivity (Wildman–Crippen MR) is 159 cm³/mol. The molecule has 1 aromatic rings. The fourth-order valence-corrected chi connectivity index (χ4v) is 5.16. The molecule has 0 radical (unpaired) electrons. The number of carbonyl (C=O) groups is 1. The Morgan fingerprint density at radius 3 is 2.02 bits per heavy atom. The molecule has 0 amide bonds. The summed E-state index contributed by atoms with van der Waals surface area (Å²) in [5, 5.41) is 0. The third kappa shape index (κ3) is 20.8. The van der Waals surface area contributed by atoms with Crippen LogP contribution < -0.4 is 0 Å². The van der Waals surface area contributed by atoms with Crippen molar-refractivity contribution in [2.24, 2.45) is 0 Å². The van der Waals surface area contributed by atoms with Crippen LogP contribution in [0.15, 0.2) is 30.3 Å². The minimum Gasteiger partial charge on any atom is -0.463 e. The lowest BCUT2D eigenvalue weighted by Crippen LogP contribution is -2.28. The lowest BCUT2D eigenvalue weighted by Gasteiger charge is -2.21. The Morgan fingerprint density at radius 2 is 1.45 bits per heavy atom. The zero-order chi connectivity index (χ0) is 29.2. The summed E-state index contributed by atoms with van der Waals surface area (Å²) < 4.78 is 44.6. The molecule has 0 bridgehead atoms. The van der Waals surface area contributed by atoms with Crippen molar-refractivity contribution in [1.29, 1.82) is 0 Å². The van der Waals surface area contributed by atoms with Crippen LogP contribution in [0.4, 0.5) is 0 Å². The highest BCUT2D eigenvalue weighted by Crippen LogP contribution is 2.48. The van der Waals surface area contributed by atoms with Gasteiger partial charge in [0.1, 0.15) is 19.5 Å². The molecule has 1 unspecified atom stereocenters. The van der Waals surface area contributed by atoms with Gasteiger partial charge in [0.15, 0.2) is 0 Å². The predicted octanol–water partition coefficient (Wildman–Crippen LogP) is 8.60. The molecule has 8 nitrogen and oxygen atoms in total. The number of unbranched alkanes of at least 4 members (excludes halogenated alkanes) is 12. The lowest BCUT2D eigenvalue weighted by molar-refractivity contribution is -0.157. The summed E-state index contributed by atoms with van der Waals surface area (Å²) in [5.41, 5.74) is 1.00. The van der Waals surface area contributed by atoms with Crippen LogP contribution in [0.25, 0.3) is 0 Å². The third-order valence-corrected chi connectivity index (χ3v) is 7.95. The number of carbonyl (C=O) groups excluding carboxylic acids is 1. The van der Waals surface area contributed by atoms with Crippen LogP contribution >= 0.6 is 19.4 Å². The van der Waals surface area contributed by atoms with Crippen LogP contribution in [0.3, 0.4) is 0 Å². The molecule has 0 fully saturated rings. The summed E-state index contributed by atoms with van der Waals surface area (Å²) in [4.78, 5) is 12.3. The first-order valence-corrected chi connectivity index (χ1v) is 16.9. The van der Waals surface area contributed by atoms with Gasteiger partial charge in [-0.05, 0) is 12.0 Å². The van der Waals surface area contributed by atoms with Crippen LogP contribution in [0.2, 0.25) is 0 Å². The minimum absolute atomic E-state index is 0.00644. The molecule has 0 saturated carbocycles. The number of esters is 1. The van der Waals surface area contributed by atoms with E-state index in [1.807, 2.05) is 30.3 Å². The molecule has 0 heterocycles. The van der Waals surface area contributed by atoms with Gasteiger partial charge in [-0.3, -0.25) is 18.4 Å². The Morgan fingerprint density at radius 1 is 0.850 bits per heavy atom. The monoisotopic (exact) mass is 606 g/mol. The van der Waals surface area contributed by atoms with Crippen molar-refractivity contribution >= 4 is 25.4 Å². The van der Waals surface area contributed by atoms with E-state index in [4.69, 9.17) is 39.4 Å². The number of rotatable bonds is 28. The standard InChI is InChI=1S/C30H52ClO8P/c1-3-4-5-6-7-8-9-10-11-12-13-14-18-21-30(32)36-25-29(26-39-40(33,34-2)38-23-22-31)37-27-35-24-28-19-16-15-17-20-28/h15-17,19-20,29H,3-14,18,21-27H2,1-2H3/t29-,40?/m1/s1. The third-order valence-electron chi connectivity index (χ3n) is 6.38. The van der Waals surface area contributed by atoms with Crippen LogP contribution in [0.1, 0.15) is 102 Å². The van der Waals surface area contributed by atoms with E-state index >= 15 is 0 Å². The second kappa shape index (κ2) is 25.7. The first-order chi connectivity index (χ1) is 19.5. The van der Waals surface area contributed by atoms with E-state index in [0.29, 0.717) is 13.0 Å². The number of phosphoric acid groups is 1. The fraction of sp³-hybridized carbons (Fsp3) is 0.767. The largest absolute Gasteiger partial charge is 0.474 e. The smallest absolute Gasteiger partial charge is 0.463 e. The van der Waals surface area contributed by atoms with Crippen molar-refractivity contribution in [3.05, 3.63) is 35.9 Å². The Labute approximate surface area is 247 Å². The van der Waals surface area contributed by atoms with Gasteiger partial charge in [-0.15, -0.1) is 11.6 Å². The molecular formula is C30H52ClO8P. The molecule has 1 rings (SSSR count). The van der Waals surface area contributed by atoms with Gasteiger partial charge in [-0.2, -0.15) is 0 Å². The van der Waals surface area contributed by atoms with Gasteiger partial charge in [0, 0.05) is 19.4 Å². The van der Waals surface area contributed by atoms with Gasteiger partial charge in [-0.25, -0.2) is 4.57 Å². The van der Waals surface area contributed by atoms with E-state index in [-0.39, 0.29) is 38.5 Å². The van der Waals surface area contributed by atoms with Crippen LogP contribution in [-0.2, 0) is 43.7 Å². The Hall–Kier alpha value is -0.990. The average Bonchev–Trinajstić information content (AvgIpc) is 2.98. The highest BCUT2D eigenvalue weighted by atomic mass is 35.5. The van der Waals surface area contributed by atoms with Crippen molar-refractivity contribution in [2.75, 3.05) is 39.6 Å². The molecule has 10 heteroatoms. The van der Waals surface area contributed by atoms with Gasteiger partial charge >= 0.3 is 13.8 Å². The first-order valence-electron chi connectivity index (χ1n) is 14.9. The Kier molecular flexibility index (Phi) is 23.8. The number of ether oxygens (including phenoxy) is 3. The molecule has 0 aliphatic heterocycles. The molecule has 2 atom stereocenters. The van der Waals surface area contributed by atoms with Gasteiger partial charge in [0.25, 0.3) is 0 Å². The zero-order valence-electron chi connectivity index (χ0n) is 24.7. The normalized spacial score (nSPS) is 13.7. The van der Waals surface area contributed by atoms with Gasteiger partial charge in [-0.1, -0.05) is 114 Å². The van der Waals surface area contributed by atoms with Gasteiger partial charge in [0.05, 0.1) is 19.8 Å². The number of hydrogen-bond acceptors (Lipinski definition) is 8. The van der Waals surface area contributed by atoms with Crippen molar-refractivity contribution in [3.63, 3.8) is 0 Å². The molecule has 0 aliphatic rings. The maximum absolute atomic E-state index is 12.5. The molecular weight excluding hydrogens is 555 g/mol. The number of halogens is 1. The van der Waals surface area contributed by atoms with Gasteiger partial charge < -0.3 is 14.2 Å². The molecule has 0 aromatic heterocycles. The molecule has 0 saturated heterocycles. The summed E-state index contributed by atoms with van der Waals surface area (Å²) in [6.07, 6.45) is 15.9. The topological polar surface area (TPSA) is 89.5 Å². The maximum atomic E-state index is 12.5. The van der Waals surface area contributed by atoms with Crippen molar-refractivity contribution < 1.29 is 37.1 Å². The zero-order valence-corrected chi connectivity index (χ0v) is 26.3. The van der Waals surface area contributed by atoms with Crippen molar-refractivity contribution in [3.8, 4) is 0 Å². The Balaban J connectivity index is 2.26. The highest BCUT2D eigenvalue weighted by Gasteiger charge is 2.27. The average molecular weight is 607 g/mol. The molecule has 0 aliphatic carbocycles. The summed E-state index contributed by atoms with van der Waals surface area (Å²) in [6.45, 7) is 2.33. The van der Waals surface area contributed by atoms with E-state index in [1.165, 1.54) is 71.3 Å². The number of hydrogen-bond donors (Lipinski definition) is 0. The van der Waals surface area contributed by atoms with Crippen LogP contribution in [0, 0.1) is 0 Å². The van der Waals surface area contributed by atoms with Gasteiger partial charge in [0.2, 0.25) is 0 Å². The number of alkyl halides is 1. The SMILES string of the molecule is CCCCCCCCCCCCCCCC(=O)OC[C@H](COP(=O)(OC)OCCCl)OCOCc1ccccc1. The number of benzene rings is 1. The second-order valence-electron chi connectivity index (χ2n) is 9.86. The summed E-state index contributed by atoms with van der Waals surface area (Å²) in [6, 6.07) is 9.68. The molecule has 40 heavy (non-hydrogen) atoms. The van der Waals surface area contributed by atoms with E-state index in [2.05, 4.69) is 6.92 Å². The summed E-state index contributed by atoms with van der Waals surface area (Å²) in [5.74, 6) is -0.156. The highest BCUT2D eigenvalue weighted by molar-refractivity contribution is 7.48. The van der Waals surface area contributed by atoms with Crippen LogP contribution in [-0.4, -0.2) is 51.7 Å². The fourth-order valence-electron chi connectivity index (χ4n) is 4.03. The molecule has 232 valence electrons. The quantitative estimate of drug-likeness (QED) is 0.0308. The first kappa shape index (κ1) is 37.0. The van der Waals surface area contributed by atoms with Crippen LogP contribution in [0.5, 0.6) is 0 Å². The molecule has 0 spiro atoms. The molecule has 0 N–H and O–H groups in total. The second-order valence-corrected chi connectivity index (χ2v) is 12.0. The lowest BCUT2D eigenvalue weighted by atomic mass is 10.0. The maximum Gasteiger partial charge on any atom is 0.474 e. The molecule has 1 aromatic carbocycles. The van der Waals surface area contributed by atoms with Crippen molar-refractivity contribution in [2.45, 2.75) is 110 Å². The van der Waals surface area contributed by atoms with Crippen molar-refractivity contribution in [1.82, 2.24) is 0 Å². The summed E-state index contributed by atoms with van der Waals surface area (Å²) in [7, 11) is -2.57. The van der Waals surface area contributed by atoms with E-state index in [9.17, 15) is 9.36 Å². The Bertz CT molecular complexity index is 767. The van der Waals surface area contributed by atoms with E-state index in [0.717, 1.165) is 24.8 Å². The van der Waals surface area contributed by atoms with E-state index < -0.39 is 13.9 Å².